The van der Waals surface area contributed by atoms with E-state index in [1.165, 1.54) is 12.8 Å². The normalized spacial score (nSPS) is 38.0. The van der Waals surface area contributed by atoms with Crippen LogP contribution in [0.4, 0.5) is 13.2 Å². The molecule has 1 N–H and O–H groups in total. The van der Waals surface area contributed by atoms with Crippen LogP contribution in [0.3, 0.4) is 0 Å². The predicted octanol–water partition coefficient (Wildman–Crippen LogP) is 4.28. The van der Waals surface area contributed by atoms with Crippen molar-refractivity contribution in [2.45, 2.75) is 76.6 Å². The van der Waals surface area contributed by atoms with Crippen LogP contribution in [0, 0.1) is 11.8 Å². The molecule has 0 aromatic rings. The van der Waals surface area contributed by atoms with Crippen molar-refractivity contribution < 1.29 is 13.2 Å². The zero-order chi connectivity index (χ0) is 13.2. The third-order valence-corrected chi connectivity index (χ3v) is 4.73. The van der Waals surface area contributed by atoms with E-state index in [4.69, 9.17) is 0 Å². The molecule has 2 aliphatic carbocycles. The van der Waals surface area contributed by atoms with E-state index in [-0.39, 0.29) is 12.5 Å². The summed E-state index contributed by atoms with van der Waals surface area (Å²) in [5, 5.41) is 3.48. The van der Waals surface area contributed by atoms with Crippen LogP contribution >= 0.6 is 0 Å². The molecule has 0 spiro atoms. The van der Waals surface area contributed by atoms with Gasteiger partial charge in [0.15, 0.2) is 0 Å². The first-order valence-electron chi connectivity index (χ1n) is 7.31. The minimum Gasteiger partial charge on any atom is -0.311 e. The Morgan fingerprint density at radius 1 is 1.00 bits per heavy atom. The van der Waals surface area contributed by atoms with Crippen LogP contribution in [-0.4, -0.2) is 18.3 Å². The smallest absolute Gasteiger partial charge is 0.311 e. The third-order valence-electron chi connectivity index (χ3n) is 4.73. The molecule has 2 saturated carbocycles. The van der Waals surface area contributed by atoms with Crippen molar-refractivity contribution in [3.05, 3.63) is 0 Å². The second kappa shape index (κ2) is 5.81. The number of nitrogens with one attached hydrogen (secondary N) is 1. The van der Waals surface area contributed by atoms with Gasteiger partial charge in [-0.25, -0.2) is 0 Å². The third kappa shape index (κ3) is 3.62. The average molecular weight is 263 g/mol. The number of halogens is 3. The highest BCUT2D eigenvalue weighted by Crippen LogP contribution is 2.38. The molecule has 0 amide bonds. The molecule has 18 heavy (non-hydrogen) atoms. The second-order valence-electron chi connectivity index (χ2n) is 6.05. The van der Waals surface area contributed by atoms with E-state index in [0.29, 0.717) is 18.9 Å². The van der Waals surface area contributed by atoms with Gasteiger partial charge < -0.3 is 5.32 Å². The fourth-order valence-corrected chi connectivity index (χ4v) is 3.57. The fourth-order valence-electron chi connectivity index (χ4n) is 3.57. The van der Waals surface area contributed by atoms with Crippen LogP contribution in [0.25, 0.3) is 0 Å². The molecule has 4 atom stereocenters. The molecule has 1 nitrogen and oxygen atoms in total. The lowest BCUT2D eigenvalue weighted by Crippen LogP contribution is -2.42. The molecule has 2 fully saturated rings. The maximum atomic E-state index is 12.7. The lowest BCUT2D eigenvalue weighted by Gasteiger charge is -2.33. The summed E-state index contributed by atoms with van der Waals surface area (Å²) in [4.78, 5) is 0. The number of alkyl halides is 3. The molecule has 0 bridgehead atoms. The molecule has 0 saturated heterocycles. The van der Waals surface area contributed by atoms with Gasteiger partial charge in [-0.3, -0.25) is 0 Å². The first-order valence-corrected chi connectivity index (χ1v) is 7.31. The Balaban J connectivity index is 1.80. The Labute approximate surface area is 108 Å². The topological polar surface area (TPSA) is 12.0 Å². The van der Waals surface area contributed by atoms with Crippen molar-refractivity contribution in [2.24, 2.45) is 11.8 Å². The quantitative estimate of drug-likeness (QED) is 0.801. The van der Waals surface area contributed by atoms with E-state index in [1.54, 1.807) is 0 Å². The van der Waals surface area contributed by atoms with Crippen LogP contribution in [-0.2, 0) is 0 Å². The largest absolute Gasteiger partial charge is 0.391 e. The van der Waals surface area contributed by atoms with Crippen LogP contribution in [0.1, 0.15) is 58.3 Å². The van der Waals surface area contributed by atoms with E-state index in [0.717, 1.165) is 25.2 Å². The van der Waals surface area contributed by atoms with E-state index >= 15 is 0 Å². The van der Waals surface area contributed by atoms with Gasteiger partial charge in [-0.15, -0.1) is 0 Å². The van der Waals surface area contributed by atoms with Gasteiger partial charge in [0.25, 0.3) is 0 Å². The summed E-state index contributed by atoms with van der Waals surface area (Å²) in [7, 11) is 0. The fraction of sp³-hybridized carbons (Fsp3) is 1.00. The molecule has 0 heterocycles. The second-order valence-corrected chi connectivity index (χ2v) is 6.05. The molecular weight excluding hydrogens is 239 g/mol. The van der Waals surface area contributed by atoms with Gasteiger partial charge in [-0.2, -0.15) is 13.2 Å². The van der Waals surface area contributed by atoms with Crippen LogP contribution < -0.4 is 5.32 Å². The highest BCUT2D eigenvalue weighted by Gasteiger charge is 2.42. The summed E-state index contributed by atoms with van der Waals surface area (Å²) in [5.74, 6) is -0.295. The lowest BCUT2D eigenvalue weighted by atomic mass is 9.85. The molecule has 2 rings (SSSR count). The minimum absolute atomic E-state index is 0.0889. The van der Waals surface area contributed by atoms with Crippen LogP contribution in [0.5, 0.6) is 0 Å². The van der Waals surface area contributed by atoms with Crippen LogP contribution in [0.2, 0.25) is 0 Å². The minimum atomic E-state index is -4.00. The molecule has 0 aromatic carbocycles. The lowest BCUT2D eigenvalue weighted by molar-refractivity contribution is -0.183. The molecular formula is C14H24F3N. The van der Waals surface area contributed by atoms with Gasteiger partial charge in [0.2, 0.25) is 0 Å². The van der Waals surface area contributed by atoms with Crippen molar-refractivity contribution in [1.29, 1.82) is 0 Å². The number of hydrogen-bond acceptors (Lipinski definition) is 1. The molecule has 4 unspecified atom stereocenters. The van der Waals surface area contributed by atoms with Gasteiger partial charge >= 0.3 is 6.18 Å². The first kappa shape index (κ1) is 14.2. The van der Waals surface area contributed by atoms with Gasteiger partial charge in [-0.1, -0.05) is 19.8 Å². The summed E-state index contributed by atoms with van der Waals surface area (Å²) in [6.07, 6.45) is 2.99. The van der Waals surface area contributed by atoms with E-state index in [1.807, 2.05) is 0 Å². The highest BCUT2D eigenvalue weighted by molar-refractivity contribution is 4.87. The standard InChI is InChI=1S/C14H24F3N/c1-2-10-6-7-13(8-10)18-12-5-3-4-11(9-12)14(15,16)17/h10-13,18H,2-9H2,1H3. The summed E-state index contributed by atoms with van der Waals surface area (Å²) < 4.78 is 38.2. The highest BCUT2D eigenvalue weighted by atomic mass is 19.4. The molecule has 2 aliphatic rings. The Hall–Kier alpha value is -0.250. The van der Waals surface area contributed by atoms with Gasteiger partial charge in [0.1, 0.15) is 0 Å². The molecule has 0 aliphatic heterocycles. The summed E-state index contributed by atoms with van der Waals surface area (Å²) >= 11 is 0. The predicted molar refractivity (Wildman–Crippen MR) is 66.4 cm³/mol. The van der Waals surface area contributed by atoms with Gasteiger partial charge in [-0.05, 0) is 44.4 Å². The molecule has 4 heteroatoms. The first-order chi connectivity index (χ1) is 8.49. The Bertz CT molecular complexity index is 264. The van der Waals surface area contributed by atoms with Crippen molar-refractivity contribution in [3.63, 3.8) is 0 Å². The average Bonchev–Trinajstić information content (AvgIpc) is 2.76. The zero-order valence-electron chi connectivity index (χ0n) is 11.1. The van der Waals surface area contributed by atoms with Crippen molar-refractivity contribution in [1.82, 2.24) is 5.32 Å². The van der Waals surface area contributed by atoms with Crippen molar-refractivity contribution >= 4 is 0 Å². The SMILES string of the molecule is CCC1CCC(NC2CCCC(C(F)(F)F)C2)C1. The maximum Gasteiger partial charge on any atom is 0.391 e. The number of hydrogen-bond donors (Lipinski definition) is 1. The summed E-state index contributed by atoms with van der Waals surface area (Å²) in [6.45, 7) is 2.20. The van der Waals surface area contributed by atoms with Crippen molar-refractivity contribution in [2.75, 3.05) is 0 Å². The van der Waals surface area contributed by atoms with Crippen molar-refractivity contribution in [3.8, 4) is 0 Å². The van der Waals surface area contributed by atoms with E-state index in [9.17, 15) is 13.2 Å². The van der Waals surface area contributed by atoms with Gasteiger partial charge in [0.05, 0.1) is 5.92 Å². The number of rotatable bonds is 3. The van der Waals surface area contributed by atoms with E-state index < -0.39 is 12.1 Å². The monoisotopic (exact) mass is 263 g/mol. The van der Waals surface area contributed by atoms with E-state index in [2.05, 4.69) is 12.2 Å². The summed E-state index contributed by atoms with van der Waals surface area (Å²) in [6, 6.07) is 0.554. The Kier molecular flexibility index (Phi) is 4.57. The molecule has 106 valence electrons. The summed E-state index contributed by atoms with van der Waals surface area (Å²) in [5.41, 5.74) is 0. The van der Waals surface area contributed by atoms with Gasteiger partial charge in [0, 0.05) is 12.1 Å². The Morgan fingerprint density at radius 3 is 2.33 bits per heavy atom. The maximum absolute atomic E-state index is 12.7. The van der Waals surface area contributed by atoms with Crippen LogP contribution in [0.15, 0.2) is 0 Å². The zero-order valence-corrected chi connectivity index (χ0v) is 11.1. The molecule has 0 aromatic heterocycles. The molecule has 0 radical (unpaired) electrons. The Morgan fingerprint density at radius 2 is 1.72 bits per heavy atom.